The van der Waals surface area contributed by atoms with E-state index in [1.807, 2.05) is 6.92 Å². The van der Waals surface area contributed by atoms with Crippen molar-refractivity contribution in [3.05, 3.63) is 29.8 Å². The van der Waals surface area contributed by atoms with E-state index in [-0.39, 0.29) is 28.7 Å². The number of anilines is 1. The van der Waals surface area contributed by atoms with Crippen LogP contribution in [0.15, 0.2) is 24.3 Å². The zero-order chi connectivity index (χ0) is 18.3. The molecular formula is C14H15Cl3N3O3S-. The number of rotatable bonds is 6. The molecule has 1 rings (SSSR count). The number of carboxylic acids is 1. The number of hydrogen-bond donors (Lipinski definition) is 3. The van der Waals surface area contributed by atoms with Crippen LogP contribution in [0.25, 0.3) is 0 Å². The maximum absolute atomic E-state index is 11.7. The molecule has 0 saturated carbocycles. The first-order valence-corrected chi connectivity index (χ1v) is 8.43. The molecule has 0 spiro atoms. The molecule has 0 heterocycles. The highest BCUT2D eigenvalue weighted by Crippen LogP contribution is 2.29. The van der Waals surface area contributed by atoms with Gasteiger partial charge in [-0.05, 0) is 24.7 Å². The first kappa shape index (κ1) is 20.8. The average Bonchev–Trinajstić information content (AvgIpc) is 2.46. The van der Waals surface area contributed by atoms with Crippen molar-refractivity contribution in [1.82, 2.24) is 10.6 Å². The standard InChI is InChI=1S/C14H16Cl3N3O3S/c1-2-5-10(21)19-12(14(15,16)17)20-13(24)18-9-7-4-3-6-8(9)11(22)23/h3-4,6-7,12H,2,5H2,1H3,(H,19,21)(H,22,23)(H2,18,20,24)/p-1/t12-/m1/s1. The molecule has 0 saturated heterocycles. The fraction of sp³-hybridized carbons (Fsp3) is 0.357. The zero-order valence-corrected chi connectivity index (χ0v) is 15.7. The Kier molecular flexibility index (Phi) is 8.02. The maximum Gasteiger partial charge on any atom is 0.228 e. The van der Waals surface area contributed by atoms with E-state index in [1.54, 1.807) is 12.1 Å². The smallest absolute Gasteiger partial charge is 0.228 e. The average molecular weight is 412 g/mol. The summed E-state index contributed by atoms with van der Waals surface area (Å²) in [4.78, 5) is 22.8. The molecule has 0 aliphatic heterocycles. The Morgan fingerprint density at radius 2 is 1.88 bits per heavy atom. The predicted octanol–water partition coefficient (Wildman–Crippen LogP) is 1.95. The lowest BCUT2D eigenvalue weighted by molar-refractivity contribution is -0.254. The predicted molar refractivity (Wildman–Crippen MR) is 97.3 cm³/mol. The molecule has 1 atom stereocenters. The largest absolute Gasteiger partial charge is 0.545 e. The molecule has 1 aromatic carbocycles. The van der Waals surface area contributed by atoms with Gasteiger partial charge in [0, 0.05) is 17.7 Å². The summed E-state index contributed by atoms with van der Waals surface area (Å²) in [6.45, 7) is 1.83. The molecule has 1 amide bonds. The lowest BCUT2D eigenvalue weighted by Crippen LogP contribution is -2.56. The fourth-order valence-electron chi connectivity index (χ4n) is 1.72. The maximum atomic E-state index is 11.7. The van der Waals surface area contributed by atoms with Gasteiger partial charge in [0.1, 0.15) is 6.17 Å². The summed E-state index contributed by atoms with van der Waals surface area (Å²) in [6, 6.07) is 6.02. The third-order valence-corrected chi connectivity index (χ3v) is 3.65. The minimum absolute atomic E-state index is 0.0307. The van der Waals surface area contributed by atoms with Crippen LogP contribution in [0.4, 0.5) is 5.69 Å². The summed E-state index contributed by atoms with van der Waals surface area (Å²) < 4.78 is -1.87. The number of benzene rings is 1. The Bertz CT molecular complexity index is 623. The van der Waals surface area contributed by atoms with E-state index in [2.05, 4.69) is 16.0 Å². The van der Waals surface area contributed by atoms with Gasteiger partial charge in [-0.25, -0.2) is 0 Å². The van der Waals surface area contributed by atoms with Gasteiger partial charge in [-0.15, -0.1) is 0 Å². The molecule has 6 nitrogen and oxygen atoms in total. The van der Waals surface area contributed by atoms with Gasteiger partial charge in [0.05, 0.1) is 5.97 Å². The van der Waals surface area contributed by atoms with Crippen molar-refractivity contribution in [3.8, 4) is 0 Å². The fourth-order valence-corrected chi connectivity index (χ4v) is 2.27. The molecule has 24 heavy (non-hydrogen) atoms. The van der Waals surface area contributed by atoms with Crippen LogP contribution >= 0.6 is 47.0 Å². The lowest BCUT2D eigenvalue weighted by Gasteiger charge is -2.28. The van der Waals surface area contributed by atoms with Gasteiger partial charge in [-0.3, -0.25) is 4.79 Å². The molecule has 132 valence electrons. The summed E-state index contributed by atoms with van der Waals surface area (Å²) in [7, 11) is 0. The minimum Gasteiger partial charge on any atom is -0.545 e. The van der Waals surface area contributed by atoms with Crippen molar-refractivity contribution in [1.29, 1.82) is 0 Å². The SMILES string of the molecule is CCCC(=O)N[C@H](NC(=S)Nc1ccccc1C(=O)[O-])C(Cl)(Cl)Cl. The van der Waals surface area contributed by atoms with Gasteiger partial charge in [0.15, 0.2) is 5.11 Å². The monoisotopic (exact) mass is 410 g/mol. The number of hydrogen-bond acceptors (Lipinski definition) is 4. The zero-order valence-electron chi connectivity index (χ0n) is 12.6. The highest BCUT2D eigenvalue weighted by atomic mass is 35.6. The van der Waals surface area contributed by atoms with Gasteiger partial charge >= 0.3 is 0 Å². The second-order valence-corrected chi connectivity index (χ2v) is 7.50. The first-order valence-electron chi connectivity index (χ1n) is 6.89. The molecule has 0 unspecified atom stereocenters. The number of carbonyl (C=O) groups is 2. The summed E-state index contributed by atoms with van der Waals surface area (Å²) in [5.74, 6) is -1.69. The van der Waals surface area contributed by atoms with E-state index >= 15 is 0 Å². The topological polar surface area (TPSA) is 93.3 Å². The Morgan fingerprint density at radius 3 is 2.42 bits per heavy atom. The Labute approximate surface area is 159 Å². The number of carboxylic acid groups (broad SMARTS) is 1. The second kappa shape index (κ2) is 9.27. The number of carbonyl (C=O) groups excluding carboxylic acids is 2. The van der Waals surface area contributed by atoms with E-state index in [0.717, 1.165) is 0 Å². The minimum atomic E-state index is -1.87. The molecule has 3 N–H and O–H groups in total. The molecular weight excluding hydrogens is 397 g/mol. The number of aromatic carboxylic acids is 1. The van der Waals surface area contributed by atoms with Gasteiger partial charge in [-0.2, -0.15) is 0 Å². The molecule has 0 aliphatic carbocycles. The summed E-state index contributed by atoms with van der Waals surface area (Å²) in [5.41, 5.74) is 0.125. The number of amides is 1. The number of halogens is 3. The van der Waals surface area contributed by atoms with E-state index in [4.69, 9.17) is 47.0 Å². The van der Waals surface area contributed by atoms with Crippen LogP contribution in [0, 0.1) is 0 Å². The van der Waals surface area contributed by atoms with Gasteiger partial charge in [0.2, 0.25) is 9.70 Å². The Hall–Kier alpha value is -1.28. The van der Waals surface area contributed by atoms with Crippen molar-refractivity contribution in [3.63, 3.8) is 0 Å². The Balaban J connectivity index is 2.82. The number of para-hydroxylation sites is 1. The second-order valence-electron chi connectivity index (χ2n) is 4.72. The van der Waals surface area contributed by atoms with Crippen molar-refractivity contribution in [2.45, 2.75) is 29.7 Å². The van der Waals surface area contributed by atoms with Crippen molar-refractivity contribution < 1.29 is 14.7 Å². The van der Waals surface area contributed by atoms with E-state index < -0.39 is 15.9 Å². The van der Waals surface area contributed by atoms with Crippen LogP contribution in [-0.2, 0) is 4.79 Å². The molecule has 0 aliphatic rings. The van der Waals surface area contributed by atoms with E-state index in [1.165, 1.54) is 12.1 Å². The van der Waals surface area contributed by atoms with Gasteiger partial charge < -0.3 is 25.9 Å². The Morgan fingerprint density at radius 1 is 1.25 bits per heavy atom. The third-order valence-electron chi connectivity index (χ3n) is 2.78. The van der Waals surface area contributed by atoms with Crippen LogP contribution in [-0.4, -0.2) is 26.9 Å². The molecule has 0 aromatic heterocycles. The first-order chi connectivity index (χ1) is 11.1. The van der Waals surface area contributed by atoms with Gasteiger partial charge in [-0.1, -0.05) is 59.9 Å². The summed E-state index contributed by atoms with van der Waals surface area (Å²) >= 11 is 22.6. The number of alkyl halides is 3. The van der Waals surface area contributed by atoms with Crippen LogP contribution in [0.1, 0.15) is 30.1 Å². The van der Waals surface area contributed by atoms with Crippen LogP contribution in [0.2, 0.25) is 0 Å². The van der Waals surface area contributed by atoms with Crippen LogP contribution in [0.3, 0.4) is 0 Å². The van der Waals surface area contributed by atoms with Crippen molar-refractivity contribution in [2.75, 3.05) is 5.32 Å². The number of thiocarbonyl (C=S) groups is 1. The lowest BCUT2D eigenvalue weighted by atomic mass is 10.2. The van der Waals surface area contributed by atoms with Crippen molar-refractivity contribution in [2.24, 2.45) is 0 Å². The summed E-state index contributed by atoms with van der Waals surface area (Å²) in [5, 5.41) is 18.9. The molecule has 0 bridgehead atoms. The molecule has 0 radical (unpaired) electrons. The normalized spacial score (nSPS) is 12.2. The quantitative estimate of drug-likeness (QED) is 0.376. The highest BCUT2D eigenvalue weighted by Gasteiger charge is 2.34. The molecule has 10 heteroatoms. The molecule has 0 fully saturated rings. The van der Waals surface area contributed by atoms with E-state index in [0.29, 0.717) is 6.42 Å². The van der Waals surface area contributed by atoms with E-state index in [9.17, 15) is 14.7 Å². The van der Waals surface area contributed by atoms with Crippen LogP contribution < -0.4 is 21.1 Å². The van der Waals surface area contributed by atoms with Crippen molar-refractivity contribution >= 4 is 69.7 Å². The summed E-state index contributed by atoms with van der Waals surface area (Å²) in [6.07, 6.45) is -0.219. The highest BCUT2D eigenvalue weighted by molar-refractivity contribution is 7.80. The number of nitrogens with one attached hydrogen (secondary N) is 3. The third kappa shape index (κ3) is 6.68. The molecule has 1 aromatic rings. The van der Waals surface area contributed by atoms with Gasteiger partial charge in [0.25, 0.3) is 0 Å². The van der Waals surface area contributed by atoms with Crippen LogP contribution in [0.5, 0.6) is 0 Å².